The monoisotopic (exact) mass is 548 g/mol. The van der Waals surface area contributed by atoms with E-state index in [-0.39, 0.29) is 51.0 Å². The van der Waals surface area contributed by atoms with Crippen LogP contribution in [-0.2, 0) is 26.2 Å². The van der Waals surface area contributed by atoms with Gasteiger partial charge in [-0.2, -0.15) is 24.3 Å². The second kappa shape index (κ2) is 13.8. The van der Waals surface area contributed by atoms with Crippen molar-refractivity contribution in [3.63, 3.8) is 0 Å². The molecule has 0 spiro atoms. The summed E-state index contributed by atoms with van der Waals surface area (Å²) >= 11 is 0. The Morgan fingerprint density at radius 1 is 0.500 bits per heavy atom. The van der Waals surface area contributed by atoms with E-state index in [4.69, 9.17) is 0 Å². The van der Waals surface area contributed by atoms with Crippen molar-refractivity contribution in [2.45, 2.75) is 13.1 Å². The summed E-state index contributed by atoms with van der Waals surface area (Å²) in [5.41, 5.74) is 0. The van der Waals surface area contributed by atoms with Crippen LogP contribution in [0.4, 0.5) is 0 Å². The van der Waals surface area contributed by atoms with Crippen LogP contribution in [0, 0.1) is 0 Å². The summed E-state index contributed by atoms with van der Waals surface area (Å²) in [6.07, 6.45) is 0. The Labute approximate surface area is 224 Å². The second-order valence-corrected chi connectivity index (χ2v) is 8.13. The van der Waals surface area contributed by atoms with Gasteiger partial charge in [0.2, 0.25) is 0 Å². The third-order valence-corrected chi connectivity index (χ3v) is 5.09. The number of benzene rings is 4. The van der Waals surface area contributed by atoms with Crippen molar-refractivity contribution >= 4 is 52.6 Å². The molecule has 0 heterocycles. The fourth-order valence-corrected chi connectivity index (χ4v) is 3.78. The molecule has 0 saturated carbocycles. The van der Waals surface area contributed by atoms with E-state index in [0.29, 0.717) is 0 Å². The first-order valence-corrected chi connectivity index (χ1v) is 12.0. The van der Waals surface area contributed by atoms with Crippen LogP contribution in [-0.4, -0.2) is 9.52 Å². The summed E-state index contributed by atoms with van der Waals surface area (Å²) < 4.78 is 0. The Balaban J connectivity index is 0.000000264. The summed E-state index contributed by atoms with van der Waals surface area (Å²) in [5.74, 6) is 0. The van der Waals surface area contributed by atoms with Gasteiger partial charge in [0.15, 0.2) is 0 Å². The van der Waals surface area contributed by atoms with E-state index in [9.17, 15) is 0 Å². The molecule has 2 radical (unpaired) electrons. The van der Waals surface area contributed by atoms with Gasteiger partial charge in [-0.05, 0) is 0 Å². The van der Waals surface area contributed by atoms with Gasteiger partial charge in [-0.1, -0.05) is 95.3 Å². The van der Waals surface area contributed by atoms with Crippen LogP contribution in [0.2, 0.25) is 13.1 Å². The quantitative estimate of drug-likeness (QED) is 0.201. The summed E-state index contributed by atoms with van der Waals surface area (Å²) in [6.45, 7) is 4.31. The van der Waals surface area contributed by atoms with Crippen LogP contribution >= 0.6 is 0 Å². The van der Waals surface area contributed by atoms with Crippen molar-refractivity contribution in [1.82, 2.24) is 0 Å². The standard InChI is InChI=1S/2C13H9.C2H6Si.2ClH.Zr/c2*1-2-6-12-10(4-1)8-9-11-5-3-7-13(11)12;1-3-2;;;/h2*1-9H;1-2H3;2*1H;/q2*-1;;;;+4/p-2. The second-order valence-electron chi connectivity index (χ2n) is 7.13. The van der Waals surface area contributed by atoms with Crippen LogP contribution in [0.3, 0.4) is 0 Å². The van der Waals surface area contributed by atoms with Gasteiger partial charge in [-0.15, -0.1) is 45.8 Å². The molecule has 0 atom stereocenters. The van der Waals surface area contributed by atoms with Crippen LogP contribution < -0.4 is 24.8 Å². The van der Waals surface area contributed by atoms with Crippen LogP contribution in [0.15, 0.2) is 109 Å². The van der Waals surface area contributed by atoms with Gasteiger partial charge in [0.1, 0.15) is 0 Å². The van der Waals surface area contributed by atoms with Crippen molar-refractivity contribution in [1.29, 1.82) is 0 Å². The fraction of sp³-hybridized carbons (Fsp3) is 0.0714. The predicted octanol–water partition coefficient (Wildman–Crippen LogP) is 2.22. The van der Waals surface area contributed by atoms with Gasteiger partial charge in [0.05, 0.1) is 0 Å². The maximum Gasteiger partial charge on any atom is 4.00 e. The molecule has 0 fully saturated rings. The molecule has 158 valence electrons. The minimum Gasteiger partial charge on any atom is -1.00 e. The molecule has 0 aliphatic rings. The molecule has 4 heteroatoms. The minimum absolute atomic E-state index is 0. The zero-order chi connectivity index (χ0) is 20.1. The molecule has 0 saturated heterocycles. The van der Waals surface area contributed by atoms with Gasteiger partial charge in [0, 0.05) is 9.52 Å². The molecular weight excluding hydrogens is 527 g/mol. The summed E-state index contributed by atoms with van der Waals surface area (Å²) in [7, 11) is 1.08. The Kier molecular flexibility index (Phi) is 12.2. The van der Waals surface area contributed by atoms with Crippen molar-refractivity contribution in [2.75, 3.05) is 0 Å². The first-order valence-electron chi connectivity index (χ1n) is 9.96. The van der Waals surface area contributed by atoms with Crippen molar-refractivity contribution < 1.29 is 51.0 Å². The number of rotatable bonds is 0. The van der Waals surface area contributed by atoms with Crippen molar-refractivity contribution in [3.8, 4) is 0 Å². The number of halogens is 2. The van der Waals surface area contributed by atoms with E-state index in [1.165, 1.54) is 43.1 Å². The molecule has 6 aromatic carbocycles. The normalized spacial score (nSPS) is 9.56. The zero-order valence-corrected chi connectivity index (χ0v) is 23.1. The molecule has 6 rings (SSSR count). The fourth-order valence-electron chi connectivity index (χ4n) is 3.78. The first kappa shape index (κ1) is 28.3. The maximum atomic E-state index is 2.18. The summed E-state index contributed by atoms with van der Waals surface area (Å²) in [6, 6.07) is 38.6. The van der Waals surface area contributed by atoms with Gasteiger partial charge in [0.25, 0.3) is 0 Å². The molecule has 0 aromatic heterocycles. The molecule has 0 N–H and O–H groups in total. The molecule has 0 aliphatic carbocycles. The van der Waals surface area contributed by atoms with Crippen LogP contribution in [0.1, 0.15) is 0 Å². The summed E-state index contributed by atoms with van der Waals surface area (Å²) in [5, 5.41) is 10.7. The van der Waals surface area contributed by atoms with E-state index in [0.717, 1.165) is 9.52 Å². The Bertz CT molecular complexity index is 1260. The van der Waals surface area contributed by atoms with E-state index in [1.807, 2.05) is 0 Å². The molecule has 6 aromatic rings. The molecular formula is C28H24Cl2SiZr. The number of hydrogen-bond acceptors (Lipinski definition) is 0. The topological polar surface area (TPSA) is 0 Å². The SMILES string of the molecule is C[Si]C.[Cl-].[Cl-].[Zr+4].c1ccc2c(c1)ccc1cc[cH-]c12.c1ccc2c(c1)ccc1cc[cH-]c12. The minimum atomic E-state index is 0. The molecule has 0 unspecified atom stereocenters. The van der Waals surface area contributed by atoms with E-state index in [2.05, 4.69) is 122 Å². The van der Waals surface area contributed by atoms with Gasteiger partial charge in [-0.25, -0.2) is 0 Å². The maximum absolute atomic E-state index is 2.18. The van der Waals surface area contributed by atoms with E-state index < -0.39 is 0 Å². The first-order chi connectivity index (χ1) is 14.3. The van der Waals surface area contributed by atoms with Crippen molar-refractivity contribution in [2.24, 2.45) is 0 Å². The molecule has 0 bridgehead atoms. The average molecular weight is 551 g/mol. The predicted molar refractivity (Wildman–Crippen MR) is 132 cm³/mol. The molecule has 0 aliphatic heterocycles. The smallest absolute Gasteiger partial charge is 1.00 e. The van der Waals surface area contributed by atoms with Crippen LogP contribution in [0.5, 0.6) is 0 Å². The zero-order valence-electron chi connectivity index (χ0n) is 18.1. The van der Waals surface area contributed by atoms with Crippen LogP contribution in [0.25, 0.3) is 43.1 Å². The summed E-state index contributed by atoms with van der Waals surface area (Å²) in [4.78, 5) is 0. The molecule has 32 heavy (non-hydrogen) atoms. The third-order valence-electron chi connectivity index (χ3n) is 5.09. The Morgan fingerprint density at radius 2 is 0.844 bits per heavy atom. The van der Waals surface area contributed by atoms with E-state index in [1.54, 1.807) is 0 Å². The van der Waals surface area contributed by atoms with E-state index >= 15 is 0 Å². The Hall–Kier alpha value is -1.70. The third kappa shape index (κ3) is 6.21. The van der Waals surface area contributed by atoms with Gasteiger partial charge < -0.3 is 24.8 Å². The average Bonchev–Trinajstić information content (AvgIpc) is 3.44. The van der Waals surface area contributed by atoms with Crippen molar-refractivity contribution in [3.05, 3.63) is 109 Å². The molecule has 0 amide bonds. The largest absolute Gasteiger partial charge is 4.00 e. The molecule has 0 nitrogen and oxygen atoms in total. The van der Waals surface area contributed by atoms with Gasteiger partial charge >= 0.3 is 26.2 Å². The Morgan fingerprint density at radius 3 is 1.25 bits per heavy atom. The number of hydrogen-bond donors (Lipinski definition) is 0. The van der Waals surface area contributed by atoms with Gasteiger partial charge in [-0.3, -0.25) is 0 Å². The number of fused-ring (bicyclic) bond motifs is 6.